The number of hydrogen-bond donors (Lipinski definition) is 0. The van der Waals surface area contributed by atoms with E-state index in [9.17, 15) is 4.79 Å². The molecule has 6 heteroatoms. The summed E-state index contributed by atoms with van der Waals surface area (Å²) in [6.45, 7) is 3.06. The Balaban J connectivity index is 1.77. The minimum absolute atomic E-state index is 0.668. The van der Waals surface area contributed by atoms with E-state index >= 15 is 0 Å². The molecule has 0 bridgehead atoms. The Labute approximate surface area is 130 Å². The number of carbonyl (C=O) groups excluding carboxylic acids is 1. The largest absolute Gasteiger partial charge is 0.353 e. The third kappa shape index (κ3) is 3.00. The third-order valence-electron chi connectivity index (χ3n) is 3.86. The van der Waals surface area contributed by atoms with Crippen LogP contribution in [-0.4, -0.2) is 54.5 Å². The highest BCUT2D eigenvalue weighted by Gasteiger charge is 2.17. The standard InChI is InChI=1S/C16H19N5O/c1-19(14-5-3-2-4-6-14)16-17-8-7-15(18-16)21-11-9-20(13-22)10-12-21/h2-8,13H,9-12H2,1H3. The number of hydrogen-bond acceptors (Lipinski definition) is 5. The van der Waals surface area contributed by atoms with E-state index in [1.54, 1.807) is 11.1 Å². The zero-order chi connectivity index (χ0) is 15.4. The van der Waals surface area contributed by atoms with Gasteiger partial charge in [-0.3, -0.25) is 4.79 Å². The number of piperazine rings is 1. The van der Waals surface area contributed by atoms with Crippen molar-refractivity contribution in [3.63, 3.8) is 0 Å². The van der Waals surface area contributed by atoms with Crippen LogP contribution in [0.4, 0.5) is 17.5 Å². The molecule has 0 radical (unpaired) electrons. The number of benzene rings is 1. The van der Waals surface area contributed by atoms with E-state index in [1.807, 2.05) is 48.3 Å². The summed E-state index contributed by atoms with van der Waals surface area (Å²) in [5.74, 6) is 1.57. The third-order valence-corrected chi connectivity index (χ3v) is 3.86. The fourth-order valence-electron chi connectivity index (χ4n) is 2.50. The molecule has 0 unspecified atom stereocenters. The second-order valence-electron chi connectivity index (χ2n) is 5.24. The minimum atomic E-state index is 0.668. The predicted molar refractivity (Wildman–Crippen MR) is 86.4 cm³/mol. The molecular formula is C16H19N5O. The first-order valence-corrected chi connectivity index (χ1v) is 7.34. The molecule has 0 saturated carbocycles. The molecule has 1 aliphatic rings. The summed E-state index contributed by atoms with van der Waals surface area (Å²) in [5, 5.41) is 0. The van der Waals surface area contributed by atoms with E-state index in [0.29, 0.717) is 5.95 Å². The molecule has 2 aromatic rings. The van der Waals surface area contributed by atoms with Crippen molar-refractivity contribution in [2.75, 3.05) is 43.0 Å². The molecule has 6 nitrogen and oxygen atoms in total. The Morgan fingerprint density at radius 1 is 1.09 bits per heavy atom. The first-order chi connectivity index (χ1) is 10.8. The Bertz CT molecular complexity index is 625. The van der Waals surface area contributed by atoms with E-state index in [4.69, 9.17) is 0 Å². The molecule has 2 heterocycles. The maximum Gasteiger partial charge on any atom is 0.231 e. The van der Waals surface area contributed by atoms with Crippen LogP contribution in [0.3, 0.4) is 0 Å². The number of carbonyl (C=O) groups is 1. The first-order valence-electron chi connectivity index (χ1n) is 7.34. The molecule has 0 atom stereocenters. The highest BCUT2D eigenvalue weighted by molar-refractivity contribution is 5.57. The smallest absolute Gasteiger partial charge is 0.231 e. The van der Waals surface area contributed by atoms with Gasteiger partial charge in [-0.2, -0.15) is 4.98 Å². The monoisotopic (exact) mass is 297 g/mol. The molecule has 0 N–H and O–H groups in total. The van der Waals surface area contributed by atoms with E-state index < -0.39 is 0 Å². The molecule has 0 spiro atoms. The second kappa shape index (κ2) is 6.43. The Morgan fingerprint density at radius 3 is 2.50 bits per heavy atom. The molecule has 3 rings (SSSR count). The number of amides is 1. The molecule has 0 aliphatic carbocycles. The van der Waals surface area contributed by atoms with Gasteiger partial charge in [0, 0.05) is 45.1 Å². The van der Waals surface area contributed by atoms with Crippen molar-refractivity contribution in [1.82, 2.24) is 14.9 Å². The minimum Gasteiger partial charge on any atom is -0.353 e. The molecular weight excluding hydrogens is 278 g/mol. The van der Waals surface area contributed by atoms with Crippen molar-refractivity contribution in [3.8, 4) is 0 Å². The average Bonchev–Trinajstić information content (AvgIpc) is 2.62. The Hall–Kier alpha value is -2.63. The molecule has 1 aromatic heterocycles. The lowest BCUT2D eigenvalue weighted by atomic mass is 10.3. The van der Waals surface area contributed by atoms with E-state index in [-0.39, 0.29) is 0 Å². The van der Waals surface area contributed by atoms with E-state index in [2.05, 4.69) is 14.9 Å². The first kappa shape index (κ1) is 14.3. The lowest BCUT2D eigenvalue weighted by Gasteiger charge is -2.33. The Kier molecular flexibility index (Phi) is 4.18. The number of nitrogens with zero attached hydrogens (tertiary/aromatic N) is 5. The van der Waals surface area contributed by atoms with E-state index in [1.165, 1.54) is 0 Å². The quantitative estimate of drug-likeness (QED) is 0.801. The lowest BCUT2D eigenvalue weighted by Crippen LogP contribution is -2.46. The van der Waals surface area contributed by atoms with Gasteiger partial charge in [0.25, 0.3) is 0 Å². The zero-order valence-electron chi connectivity index (χ0n) is 12.6. The summed E-state index contributed by atoms with van der Waals surface area (Å²) in [6.07, 6.45) is 2.69. The van der Waals surface area contributed by atoms with Crippen LogP contribution in [0.15, 0.2) is 42.6 Å². The summed E-state index contributed by atoms with van der Waals surface area (Å²) in [7, 11) is 1.96. The van der Waals surface area contributed by atoms with Crippen LogP contribution in [0.2, 0.25) is 0 Å². The van der Waals surface area contributed by atoms with Crippen LogP contribution in [-0.2, 0) is 4.79 Å². The van der Waals surface area contributed by atoms with Gasteiger partial charge >= 0.3 is 0 Å². The van der Waals surface area contributed by atoms with Gasteiger partial charge in [-0.25, -0.2) is 4.98 Å². The van der Waals surface area contributed by atoms with Gasteiger partial charge in [-0.15, -0.1) is 0 Å². The lowest BCUT2D eigenvalue weighted by molar-refractivity contribution is -0.118. The van der Waals surface area contributed by atoms with Gasteiger partial charge in [-0.1, -0.05) is 18.2 Å². The Morgan fingerprint density at radius 2 is 1.82 bits per heavy atom. The summed E-state index contributed by atoms with van der Waals surface area (Å²) in [6, 6.07) is 11.9. The van der Waals surface area contributed by atoms with Crippen LogP contribution in [0.5, 0.6) is 0 Å². The van der Waals surface area contributed by atoms with Crippen LogP contribution >= 0.6 is 0 Å². The number of para-hydroxylation sites is 1. The topological polar surface area (TPSA) is 52.6 Å². The summed E-state index contributed by atoms with van der Waals surface area (Å²) in [4.78, 5) is 25.7. The summed E-state index contributed by atoms with van der Waals surface area (Å²) < 4.78 is 0. The number of aromatic nitrogens is 2. The molecule has 1 aromatic carbocycles. The van der Waals surface area contributed by atoms with Gasteiger partial charge in [0.05, 0.1) is 0 Å². The van der Waals surface area contributed by atoms with Crippen LogP contribution < -0.4 is 9.80 Å². The fraction of sp³-hybridized carbons (Fsp3) is 0.312. The van der Waals surface area contributed by atoms with Crippen LogP contribution in [0, 0.1) is 0 Å². The van der Waals surface area contributed by atoms with Gasteiger partial charge in [-0.05, 0) is 18.2 Å². The van der Waals surface area contributed by atoms with Crippen LogP contribution in [0.1, 0.15) is 0 Å². The molecule has 1 fully saturated rings. The number of anilines is 3. The SMILES string of the molecule is CN(c1ccccc1)c1nccc(N2CCN(C=O)CC2)n1. The van der Waals surface area contributed by atoms with Crippen molar-refractivity contribution in [2.45, 2.75) is 0 Å². The van der Waals surface area contributed by atoms with Crippen molar-refractivity contribution < 1.29 is 4.79 Å². The summed E-state index contributed by atoms with van der Waals surface area (Å²) in [5.41, 5.74) is 1.05. The average molecular weight is 297 g/mol. The molecule has 22 heavy (non-hydrogen) atoms. The maximum atomic E-state index is 10.8. The highest BCUT2D eigenvalue weighted by Crippen LogP contribution is 2.22. The highest BCUT2D eigenvalue weighted by atomic mass is 16.1. The van der Waals surface area contributed by atoms with E-state index in [0.717, 1.165) is 44.1 Å². The summed E-state index contributed by atoms with van der Waals surface area (Å²) >= 11 is 0. The van der Waals surface area contributed by atoms with Crippen molar-refractivity contribution in [3.05, 3.63) is 42.6 Å². The van der Waals surface area contributed by atoms with Gasteiger partial charge in [0.1, 0.15) is 5.82 Å². The molecule has 1 amide bonds. The normalized spacial score (nSPS) is 14.8. The maximum absolute atomic E-state index is 10.8. The van der Waals surface area contributed by atoms with Crippen molar-refractivity contribution in [1.29, 1.82) is 0 Å². The molecule has 114 valence electrons. The van der Waals surface area contributed by atoms with Crippen molar-refractivity contribution in [2.24, 2.45) is 0 Å². The molecule has 1 saturated heterocycles. The second-order valence-corrected chi connectivity index (χ2v) is 5.24. The number of rotatable bonds is 4. The fourth-order valence-corrected chi connectivity index (χ4v) is 2.50. The zero-order valence-corrected chi connectivity index (χ0v) is 12.6. The molecule has 1 aliphatic heterocycles. The van der Waals surface area contributed by atoms with Gasteiger partial charge in [0.2, 0.25) is 12.4 Å². The predicted octanol–water partition coefficient (Wildman–Crippen LogP) is 1.52. The van der Waals surface area contributed by atoms with Crippen molar-refractivity contribution >= 4 is 23.9 Å². The van der Waals surface area contributed by atoms with Gasteiger partial charge < -0.3 is 14.7 Å². The van der Waals surface area contributed by atoms with Crippen LogP contribution in [0.25, 0.3) is 0 Å². The van der Waals surface area contributed by atoms with Gasteiger partial charge in [0.15, 0.2) is 0 Å².